The molecule has 2 rings (SSSR count). The molecule has 0 bridgehead atoms. The summed E-state index contributed by atoms with van der Waals surface area (Å²) < 4.78 is 0. The van der Waals surface area contributed by atoms with E-state index in [4.69, 9.17) is 5.11 Å². The van der Waals surface area contributed by atoms with Crippen molar-refractivity contribution in [2.45, 2.75) is 0 Å². The Morgan fingerprint density at radius 1 is 1.19 bits per heavy atom. The lowest BCUT2D eigenvalue weighted by Gasteiger charge is -2.22. The Balaban J connectivity index is 2.20. The molecule has 8 heteroatoms. The van der Waals surface area contributed by atoms with Crippen LogP contribution in [0.4, 0.5) is 0 Å². The van der Waals surface area contributed by atoms with Gasteiger partial charge in [-0.15, -0.1) is 0 Å². The maximum atomic E-state index is 12.4. The number of benzene rings is 1. The second-order valence-corrected chi connectivity index (χ2v) is 4.95. The lowest BCUT2D eigenvalue weighted by atomic mass is 10.1. The minimum absolute atomic E-state index is 0.329. The molecule has 0 aliphatic rings. The molecule has 0 saturated carbocycles. The van der Waals surface area contributed by atoms with Gasteiger partial charge in [-0.1, -0.05) is 0 Å². The lowest BCUT2D eigenvalue weighted by molar-refractivity contribution is -0.137. The molecule has 8 nitrogen and oxygen atoms in total. The Bertz CT molecular complexity index is 652. The van der Waals surface area contributed by atoms with Gasteiger partial charge in [-0.25, -0.2) is 0 Å². The van der Waals surface area contributed by atoms with Gasteiger partial charge in [0.15, 0.2) is 0 Å². The van der Waals surface area contributed by atoms with Gasteiger partial charge in [0.25, 0.3) is 5.91 Å². The van der Waals surface area contributed by atoms with E-state index in [1.807, 2.05) is 19.0 Å². The number of likely N-dealkylation sites (N-methyl/N-ethyl adjacent to an activating group) is 1. The number of nitrogens with one attached hydrogen (secondary N) is 1. The summed E-state index contributed by atoms with van der Waals surface area (Å²) >= 11 is 0. The molecule has 1 amide bonds. The molecule has 2 N–H and O–H groups in total. The predicted molar refractivity (Wildman–Crippen MR) is 76.0 cm³/mol. The fraction of sp³-hybridized carbons (Fsp3) is 0.385. The summed E-state index contributed by atoms with van der Waals surface area (Å²) in [6.45, 7) is 0.601. The molecule has 0 unspecified atom stereocenters. The zero-order valence-corrected chi connectivity index (χ0v) is 11.9. The summed E-state index contributed by atoms with van der Waals surface area (Å²) in [6.07, 6.45) is 0. The first-order chi connectivity index (χ1) is 9.97. The highest BCUT2D eigenvalue weighted by Crippen LogP contribution is 2.12. The Morgan fingerprint density at radius 2 is 1.90 bits per heavy atom. The van der Waals surface area contributed by atoms with Gasteiger partial charge in [-0.3, -0.25) is 9.59 Å². The van der Waals surface area contributed by atoms with Gasteiger partial charge >= 0.3 is 5.97 Å². The summed E-state index contributed by atoms with van der Waals surface area (Å²) in [4.78, 5) is 26.6. The van der Waals surface area contributed by atoms with Crippen LogP contribution in [0.25, 0.3) is 11.0 Å². The fourth-order valence-electron chi connectivity index (χ4n) is 1.89. The van der Waals surface area contributed by atoms with Gasteiger partial charge in [-0.2, -0.15) is 15.4 Å². The van der Waals surface area contributed by atoms with Crippen LogP contribution < -0.4 is 0 Å². The molecule has 0 spiro atoms. The number of carbonyl (C=O) groups excluding carboxylic acids is 1. The van der Waals surface area contributed by atoms with Crippen molar-refractivity contribution >= 4 is 22.9 Å². The molecule has 1 aromatic carbocycles. The number of amides is 1. The van der Waals surface area contributed by atoms with E-state index in [1.165, 1.54) is 4.90 Å². The minimum Gasteiger partial charge on any atom is -0.480 e. The Kier molecular flexibility index (Phi) is 4.49. The number of hydrogen-bond donors (Lipinski definition) is 2. The first-order valence-electron chi connectivity index (χ1n) is 6.43. The number of carboxylic acids is 1. The van der Waals surface area contributed by atoms with Crippen LogP contribution in [-0.2, 0) is 4.79 Å². The number of nitrogens with zero attached hydrogens (tertiary/aromatic N) is 4. The summed E-state index contributed by atoms with van der Waals surface area (Å²) in [5.74, 6) is -1.37. The highest BCUT2D eigenvalue weighted by Gasteiger charge is 2.19. The number of H-pyrrole nitrogens is 1. The van der Waals surface area contributed by atoms with E-state index in [2.05, 4.69) is 15.4 Å². The van der Waals surface area contributed by atoms with Gasteiger partial charge in [0.1, 0.15) is 17.6 Å². The highest BCUT2D eigenvalue weighted by molar-refractivity contribution is 5.98. The highest BCUT2D eigenvalue weighted by atomic mass is 16.4. The van der Waals surface area contributed by atoms with Crippen molar-refractivity contribution in [2.75, 3.05) is 33.7 Å². The topological polar surface area (TPSA) is 102 Å². The molecule has 0 aliphatic carbocycles. The standard InChI is InChI=1S/C13H17N5O3/c1-17(2)5-6-18(8-12(19)20)13(21)9-3-4-10-11(7-9)15-16-14-10/h3-4,7H,5-6,8H2,1-2H3,(H,19,20)(H,14,15,16). The maximum Gasteiger partial charge on any atom is 0.323 e. The molecular formula is C13H17N5O3. The first-order valence-corrected chi connectivity index (χ1v) is 6.43. The van der Waals surface area contributed by atoms with E-state index in [0.717, 1.165) is 0 Å². The quantitative estimate of drug-likeness (QED) is 0.779. The molecule has 0 aliphatic heterocycles. The Hall–Kier alpha value is -2.48. The van der Waals surface area contributed by atoms with Gasteiger partial charge < -0.3 is 14.9 Å². The SMILES string of the molecule is CN(C)CCN(CC(=O)O)C(=O)c1ccc2n[nH]nc2c1. The van der Waals surface area contributed by atoms with E-state index in [1.54, 1.807) is 18.2 Å². The number of aromatic nitrogens is 3. The van der Waals surface area contributed by atoms with Crippen molar-refractivity contribution in [3.8, 4) is 0 Å². The third-order valence-corrected chi connectivity index (χ3v) is 2.99. The molecule has 0 atom stereocenters. The zero-order chi connectivity index (χ0) is 15.4. The number of fused-ring (bicyclic) bond motifs is 1. The van der Waals surface area contributed by atoms with Crippen molar-refractivity contribution in [2.24, 2.45) is 0 Å². The smallest absolute Gasteiger partial charge is 0.323 e. The van der Waals surface area contributed by atoms with Crippen molar-refractivity contribution in [3.63, 3.8) is 0 Å². The lowest BCUT2D eigenvalue weighted by Crippen LogP contribution is -2.40. The second-order valence-electron chi connectivity index (χ2n) is 4.95. The summed E-state index contributed by atoms with van der Waals surface area (Å²) in [6, 6.07) is 4.90. The van der Waals surface area contributed by atoms with Gasteiger partial charge in [0.05, 0.1) is 0 Å². The van der Waals surface area contributed by atoms with Gasteiger partial charge in [0, 0.05) is 18.7 Å². The van der Waals surface area contributed by atoms with Crippen molar-refractivity contribution < 1.29 is 14.7 Å². The van der Waals surface area contributed by atoms with Crippen LogP contribution in [0.3, 0.4) is 0 Å². The largest absolute Gasteiger partial charge is 0.480 e. The van der Waals surface area contributed by atoms with Crippen LogP contribution in [0.1, 0.15) is 10.4 Å². The Labute approximate surface area is 121 Å². The predicted octanol–water partition coefficient (Wildman–Crippen LogP) is 0.0463. The van der Waals surface area contributed by atoms with Gasteiger partial charge in [-0.05, 0) is 32.3 Å². The van der Waals surface area contributed by atoms with Crippen LogP contribution in [-0.4, -0.2) is 75.9 Å². The molecule has 21 heavy (non-hydrogen) atoms. The molecule has 0 radical (unpaired) electrons. The third-order valence-electron chi connectivity index (χ3n) is 2.99. The van der Waals surface area contributed by atoms with Crippen LogP contribution in [0, 0.1) is 0 Å². The van der Waals surface area contributed by atoms with Crippen molar-refractivity contribution in [3.05, 3.63) is 23.8 Å². The minimum atomic E-state index is -1.04. The van der Waals surface area contributed by atoms with Crippen molar-refractivity contribution in [1.29, 1.82) is 0 Å². The number of rotatable bonds is 6. The molecular weight excluding hydrogens is 274 g/mol. The van der Waals surface area contributed by atoms with E-state index >= 15 is 0 Å². The van der Waals surface area contributed by atoms with Crippen LogP contribution >= 0.6 is 0 Å². The van der Waals surface area contributed by atoms with Crippen LogP contribution in [0.2, 0.25) is 0 Å². The molecule has 1 heterocycles. The first kappa shape index (κ1) is 14.9. The fourth-order valence-corrected chi connectivity index (χ4v) is 1.89. The average Bonchev–Trinajstić information content (AvgIpc) is 2.89. The number of hydrogen-bond acceptors (Lipinski definition) is 5. The summed E-state index contributed by atoms with van der Waals surface area (Å²) in [5.41, 5.74) is 1.63. The molecule has 0 fully saturated rings. The molecule has 2 aromatic rings. The van der Waals surface area contributed by atoms with E-state index < -0.39 is 5.97 Å². The maximum absolute atomic E-state index is 12.4. The summed E-state index contributed by atoms with van der Waals surface area (Å²) in [7, 11) is 3.73. The normalized spacial score (nSPS) is 11.0. The zero-order valence-electron chi connectivity index (χ0n) is 11.9. The number of carboxylic acid groups (broad SMARTS) is 1. The number of aromatic amines is 1. The monoisotopic (exact) mass is 291 g/mol. The molecule has 112 valence electrons. The molecule has 1 aromatic heterocycles. The van der Waals surface area contributed by atoms with E-state index in [9.17, 15) is 9.59 Å². The van der Waals surface area contributed by atoms with E-state index in [0.29, 0.717) is 29.7 Å². The van der Waals surface area contributed by atoms with E-state index in [-0.39, 0.29) is 12.5 Å². The van der Waals surface area contributed by atoms with Crippen molar-refractivity contribution in [1.82, 2.24) is 25.2 Å². The Morgan fingerprint density at radius 3 is 2.57 bits per heavy atom. The van der Waals surface area contributed by atoms with Crippen LogP contribution in [0.5, 0.6) is 0 Å². The summed E-state index contributed by atoms with van der Waals surface area (Å²) in [5, 5.41) is 19.3. The number of aliphatic carboxylic acids is 1. The third kappa shape index (κ3) is 3.76. The second kappa shape index (κ2) is 6.31. The van der Waals surface area contributed by atoms with Crippen LogP contribution in [0.15, 0.2) is 18.2 Å². The van der Waals surface area contributed by atoms with Gasteiger partial charge in [0.2, 0.25) is 0 Å². The number of carbonyl (C=O) groups is 2. The average molecular weight is 291 g/mol. The molecule has 0 saturated heterocycles.